The summed E-state index contributed by atoms with van der Waals surface area (Å²) >= 11 is 3.43. The van der Waals surface area contributed by atoms with E-state index in [1.54, 1.807) is 10.4 Å². The molecule has 1 aliphatic heterocycles. The van der Waals surface area contributed by atoms with E-state index in [9.17, 15) is 8.42 Å². The maximum absolute atomic E-state index is 12.7. The third-order valence-electron chi connectivity index (χ3n) is 3.83. The minimum atomic E-state index is -3.39. The quantitative estimate of drug-likeness (QED) is 0.778. The molecule has 0 radical (unpaired) electrons. The molecule has 0 spiro atoms. The summed E-state index contributed by atoms with van der Waals surface area (Å²) in [6.07, 6.45) is 2.97. The van der Waals surface area contributed by atoms with Crippen LogP contribution in [0.4, 0.5) is 0 Å². The number of rotatable bonds is 6. The van der Waals surface area contributed by atoms with Gasteiger partial charge < -0.3 is 5.32 Å². The molecular weight excluding hydrogens is 352 g/mol. The first kappa shape index (κ1) is 16.9. The zero-order valence-corrected chi connectivity index (χ0v) is 15.0. The Morgan fingerprint density at radius 1 is 1.43 bits per heavy atom. The van der Waals surface area contributed by atoms with Crippen molar-refractivity contribution in [2.24, 2.45) is 0 Å². The van der Waals surface area contributed by atoms with Crippen LogP contribution in [0.5, 0.6) is 0 Å². The van der Waals surface area contributed by atoms with E-state index in [2.05, 4.69) is 28.2 Å². The Balaban J connectivity index is 2.20. The topological polar surface area (TPSA) is 49.4 Å². The molecule has 1 atom stereocenters. The molecule has 1 fully saturated rings. The predicted octanol–water partition coefficient (Wildman–Crippen LogP) is 3.12. The van der Waals surface area contributed by atoms with Gasteiger partial charge in [0.05, 0.1) is 4.90 Å². The van der Waals surface area contributed by atoms with E-state index >= 15 is 0 Å². The lowest BCUT2D eigenvalue weighted by molar-refractivity contribution is 0.408. The van der Waals surface area contributed by atoms with Crippen LogP contribution in [0.1, 0.15) is 38.7 Å². The van der Waals surface area contributed by atoms with Crippen LogP contribution in [0, 0.1) is 0 Å². The van der Waals surface area contributed by atoms with Crippen molar-refractivity contribution in [2.75, 3.05) is 13.1 Å². The lowest BCUT2D eigenvalue weighted by atomic mass is 10.2. The van der Waals surface area contributed by atoms with Gasteiger partial charge in [-0.25, -0.2) is 8.42 Å². The Bertz CT molecular complexity index is 589. The Morgan fingerprint density at radius 2 is 2.19 bits per heavy atom. The fraction of sp³-hybridized carbons (Fsp3) is 0.600. The first-order chi connectivity index (χ1) is 9.96. The van der Waals surface area contributed by atoms with Gasteiger partial charge in [-0.15, -0.1) is 0 Å². The third kappa shape index (κ3) is 3.86. The highest BCUT2D eigenvalue weighted by molar-refractivity contribution is 9.10. The lowest BCUT2D eigenvalue weighted by Gasteiger charge is -2.21. The predicted molar refractivity (Wildman–Crippen MR) is 88.7 cm³/mol. The minimum Gasteiger partial charge on any atom is -0.313 e. The van der Waals surface area contributed by atoms with E-state index in [0.29, 0.717) is 15.9 Å². The number of sulfonamides is 1. The second-order valence-electron chi connectivity index (χ2n) is 5.55. The SMILES string of the molecule is CCCNCc1ccc(S(=O)(=O)N2CCCC2C)c(Br)c1. The van der Waals surface area contributed by atoms with Gasteiger partial charge in [-0.3, -0.25) is 0 Å². The second kappa shape index (κ2) is 7.22. The van der Waals surface area contributed by atoms with E-state index in [1.165, 1.54) is 0 Å². The van der Waals surface area contributed by atoms with Crippen LogP contribution in [-0.4, -0.2) is 31.9 Å². The third-order valence-corrected chi connectivity index (χ3v) is 6.82. The van der Waals surface area contributed by atoms with E-state index < -0.39 is 10.0 Å². The van der Waals surface area contributed by atoms with Crippen molar-refractivity contribution in [3.63, 3.8) is 0 Å². The summed E-state index contributed by atoms with van der Waals surface area (Å²) in [5.41, 5.74) is 1.09. The van der Waals surface area contributed by atoms with E-state index in [4.69, 9.17) is 0 Å². The fourth-order valence-corrected chi connectivity index (χ4v) is 5.45. The highest BCUT2D eigenvalue weighted by Gasteiger charge is 2.33. The molecule has 118 valence electrons. The van der Waals surface area contributed by atoms with E-state index in [1.807, 2.05) is 19.1 Å². The van der Waals surface area contributed by atoms with E-state index in [-0.39, 0.29) is 6.04 Å². The van der Waals surface area contributed by atoms with Crippen LogP contribution < -0.4 is 5.32 Å². The van der Waals surface area contributed by atoms with Crippen LogP contribution in [0.3, 0.4) is 0 Å². The highest BCUT2D eigenvalue weighted by atomic mass is 79.9. The van der Waals surface area contributed by atoms with Gasteiger partial charge in [0.25, 0.3) is 0 Å². The summed E-state index contributed by atoms with van der Waals surface area (Å²) in [6.45, 7) is 6.43. The average molecular weight is 375 g/mol. The van der Waals surface area contributed by atoms with Gasteiger partial charge in [-0.2, -0.15) is 4.31 Å². The van der Waals surface area contributed by atoms with Gasteiger partial charge in [0.1, 0.15) is 0 Å². The molecule has 1 N–H and O–H groups in total. The summed E-state index contributed by atoms with van der Waals surface area (Å²) in [5.74, 6) is 0. The molecule has 0 bridgehead atoms. The van der Waals surface area contributed by atoms with Crippen LogP contribution in [0.2, 0.25) is 0 Å². The maximum Gasteiger partial charge on any atom is 0.244 e. The van der Waals surface area contributed by atoms with Crippen LogP contribution in [0.25, 0.3) is 0 Å². The van der Waals surface area contributed by atoms with Gasteiger partial charge in [-0.1, -0.05) is 13.0 Å². The Labute approximate surface area is 136 Å². The smallest absolute Gasteiger partial charge is 0.244 e. The number of nitrogens with one attached hydrogen (secondary N) is 1. The molecule has 1 aliphatic rings. The molecule has 1 heterocycles. The van der Waals surface area contributed by atoms with Crippen molar-refractivity contribution in [1.82, 2.24) is 9.62 Å². The Kier molecular flexibility index (Phi) is 5.82. The molecule has 21 heavy (non-hydrogen) atoms. The maximum atomic E-state index is 12.7. The molecule has 1 unspecified atom stereocenters. The summed E-state index contributed by atoms with van der Waals surface area (Å²) in [6, 6.07) is 5.60. The summed E-state index contributed by atoms with van der Waals surface area (Å²) in [5, 5.41) is 3.32. The number of hydrogen-bond donors (Lipinski definition) is 1. The first-order valence-electron chi connectivity index (χ1n) is 7.47. The summed E-state index contributed by atoms with van der Waals surface area (Å²) < 4.78 is 27.7. The molecule has 1 aromatic carbocycles. The van der Waals surface area contributed by atoms with Crippen LogP contribution in [0.15, 0.2) is 27.6 Å². The molecule has 0 aromatic heterocycles. The van der Waals surface area contributed by atoms with Crippen molar-refractivity contribution in [1.29, 1.82) is 0 Å². The molecule has 1 aromatic rings. The zero-order chi connectivity index (χ0) is 15.5. The number of halogens is 1. The molecule has 0 saturated carbocycles. The molecule has 1 saturated heterocycles. The van der Waals surface area contributed by atoms with Crippen molar-refractivity contribution >= 4 is 26.0 Å². The van der Waals surface area contributed by atoms with Gasteiger partial charge in [0, 0.05) is 23.6 Å². The first-order valence-corrected chi connectivity index (χ1v) is 9.71. The van der Waals surface area contributed by atoms with Crippen molar-refractivity contribution in [3.8, 4) is 0 Å². The van der Waals surface area contributed by atoms with Gasteiger partial charge >= 0.3 is 0 Å². The van der Waals surface area contributed by atoms with Gasteiger partial charge in [0.2, 0.25) is 10.0 Å². The summed E-state index contributed by atoms with van der Waals surface area (Å²) in [4.78, 5) is 0.371. The molecule has 0 amide bonds. The molecule has 4 nitrogen and oxygen atoms in total. The monoisotopic (exact) mass is 374 g/mol. The second-order valence-corrected chi connectivity index (χ2v) is 8.26. The summed E-state index contributed by atoms with van der Waals surface area (Å²) in [7, 11) is -3.39. The largest absolute Gasteiger partial charge is 0.313 e. The van der Waals surface area contributed by atoms with Crippen molar-refractivity contribution < 1.29 is 8.42 Å². The normalized spacial score (nSPS) is 20.0. The number of benzene rings is 1. The lowest BCUT2D eigenvalue weighted by Crippen LogP contribution is -2.33. The van der Waals surface area contributed by atoms with Crippen molar-refractivity contribution in [3.05, 3.63) is 28.2 Å². The van der Waals surface area contributed by atoms with Gasteiger partial charge in [-0.05, 0) is 66.4 Å². The van der Waals surface area contributed by atoms with Crippen LogP contribution >= 0.6 is 15.9 Å². The highest BCUT2D eigenvalue weighted by Crippen LogP contribution is 2.30. The number of nitrogens with zero attached hydrogens (tertiary/aromatic N) is 1. The average Bonchev–Trinajstić information content (AvgIpc) is 2.86. The standard InChI is InChI=1S/C15H23BrN2O2S/c1-3-8-17-11-13-6-7-15(14(16)10-13)21(19,20)18-9-4-5-12(18)2/h6-7,10,12,17H,3-5,8-9,11H2,1-2H3. The van der Waals surface area contributed by atoms with E-state index in [0.717, 1.165) is 37.9 Å². The minimum absolute atomic E-state index is 0.0906. The zero-order valence-electron chi connectivity index (χ0n) is 12.6. The fourth-order valence-electron chi connectivity index (χ4n) is 2.66. The molecule has 6 heteroatoms. The number of hydrogen-bond acceptors (Lipinski definition) is 3. The van der Waals surface area contributed by atoms with Crippen LogP contribution in [-0.2, 0) is 16.6 Å². The van der Waals surface area contributed by atoms with Crippen molar-refractivity contribution in [2.45, 2.75) is 50.6 Å². The van der Waals surface area contributed by atoms with Gasteiger partial charge in [0.15, 0.2) is 0 Å². The Hall–Kier alpha value is -0.430. The molecular formula is C15H23BrN2O2S. The molecule has 2 rings (SSSR count). The Morgan fingerprint density at radius 3 is 2.76 bits per heavy atom. The molecule has 0 aliphatic carbocycles.